The van der Waals surface area contributed by atoms with Crippen LogP contribution in [0.3, 0.4) is 0 Å². The van der Waals surface area contributed by atoms with Gasteiger partial charge in [0, 0.05) is 6.20 Å². The van der Waals surface area contributed by atoms with Crippen molar-refractivity contribution < 1.29 is 26.7 Å². The Balaban J connectivity index is 3.28. The van der Waals surface area contributed by atoms with Crippen LogP contribution in [0.5, 0.6) is 5.88 Å². The van der Waals surface area contributed by atoms with E-state index in [1.807, 2.05) is 0 Å². The first-order valence-electron chi connectivity index (χ1n) is 3.88. The van der Waals surface area contributed by atoms with Gasteiger partial charge in [0.15, 0.2) is 0 Å². The van der Waals surface area contributed by atoms with E-state index in [0.29, 0.717) is 6.20 Å². The second kappa shape index (κ2) is 4.71. The molecule has 0 aliphatic carbocycles. The van der Waals surface area contributed by atoms with Gasteiger partial charge in [0.25, 0.3) is 6.43 Å². The van der Waals surface area contributed by atoms with Gasteiger partial charge in [-0.2, -0.15) is 5.26 Å². The number of halogens is 6. The lowest BCUT2D eigenvalue weighted by Gasteiger charge is -2.11. The molecule has 0 aromatic carbocycles. The second-order valence-electron chi connectivity index (χ2n) is 2.67. The summed E-state index contributed by atoms with van der Waals surface area (Å²) in [5, 5.41) is 7.73. The summed E-state index contributed by atoms with van der Waals surface area (Å²) in [7, 11) is 0. The molecule has 0 aliphatic rings. The van der Waals surface area contributed by atoms with Crippen LogP contribution in [-0.2, 0) is 0 Å². The molecule has 1 rings (SSSR count). The van der Waals surface area contributed by atoms with Gasteiger partial charge < -0.3 is 4.74 Å². The first-order valence-corrected chi connectivity index (χ1v) is 4.26. The Morgan fingerprint density at radius 2 is 2.00 bits per heavy atom. The van der Waals surface area contributed by atoms with Crippen LogP contribution in [0, 0.1) is 11.3 Å². The van der Waals surface area contributed by atoms with Gasteiger partial charge in [-0.25, -0.2) is 13.8 Å². The minimum Gasteiger partial charge on any atom is -0.386 e. The molecule has 92 valence electrons. The molecular weight excluding hydrogens is 271 g/mol. The number of pyridine rings is 1. The van der Waals surface area contributed by atoms with E-state index in [1.54, 1.807) is 0 Å². The van der Waals surface area contributed by atoms with Crippen molar-refractivity contribution in [3.63, 3.8) is 0 Å². The maximum Gasteiger partial charge on any atom is 0.574 e. The molecule has 1 aromatic heterocycles. The van der Waals surface area contributed by atoms with E-state index in [-0.39, 0.29) is 0 Å². The van der Waals surface area contributed by atoms with Crippen LogP contribution in [0.15, 0.2) is 6.20 Å². The number of rotatable bonds is 2. The minimum absolute atomic E-state index is 0.426. The lowest BCUT2D eigenvalue weighted by molar-refractivity contribution is -0.276. The molecule has 0 atom stereocenters. The number of nitrogens with zero attached hydrogens (tertiary/aromatic N) is 2. The predicted molar refractivity (Wildman–Crippen MR) is 45.6 cm³/mol. The Kier molecular flexibility index (Phi) is 3.72. The Morgan fingerprint density at radius 1 is 1.41 bits per heavy atom. The molecule has 3 nitrogen and oxygen atoms in total. The topological polar surface area (TPSA) is 45.9 Å². The fourth-order valence-corrected chi connectivity index (χ4v) is 1.18. The molecule has 0 radical (unpaired) electrons. The van der Waals surface area contributed by atoms with Crippen LogP contribution >= 0.6 is 11.6 Å². The zero-order chi connectivity index (χ0) is 13.2. The number of hydrogen-bond acceptors (Lipinski definition) is 3. The molecule has 0 fully saturated rings. The predicted octanol–water partition coefficient (Wildman–Crippen LogP) is 3.44. The first kappa shape index (κ1) is 13.4. The molecule has 0 amide bonds. The Hall–Kier alpha value is -1.62. The van der Waals surface area contributed by atoms with Crippen molar-refractivity contribution in [3.05, 3.63) is 22.3 Å². The molecule has 1 heterocycles. The fourth-order valence-electron chi connectivity index (χ4n) is 0.924. The second-order valence-corrected chi connectivity index (χ2v) is 3.05. The van der Waals surface area contributed by atoms with Gasteiger partial charge in [-0.05, 0) is 0 Å². The van der Waals surface area contributed by atoms with Gasteiger partial charge in [-0.1, -0.05) is 11.6 Å². The van der Waals surface area contributed by atoms with Crippen LogP contribution in [0.2, 0.25) is 5.02 Å². The molecule has 0 aliphatic heterocycles. The molecule has 0 saturated carbocycles. The number of ether oxygens (including phenoxy) is 1. The van der Waals surface area contributed by atoms with Gasteiger partial charge in [-0.3, -0.25) is 0 Å². The van der Waals surface area contributed by atoms with Crippen molar-refractivity contribution in [1.82, 2.24) is 4.98 Å². The first-order chi connectivity index (χ1) is 7.76. The van der Waals surface area contributed by atoms with E-state index in [1.165, 1.54) is 6.07 Å². The third-order valence-corrected chi connectivity index (χ3v) is 1.97. The highest BCUT2D eigenvalue weighted by Gasteiger charge is 2.34. The molecule has 0 bridgehead atoms. The van der Waals surface area contributed by atoms with Gasteiger partial charge in [-0.15, -0.1) is 13.2 Å². The average molecular weight is 273 g/mol. The largest absolute Gasteiger partial charge is 0.574 e. The van der Waals surface area contributed by atoms with Crippen LogP contribution < -0.4 is 4.74 Å². The SMILES string of the molecule is N#Cc1c(OC(F)(F)F)ncc(C(F)F)c1Cl. The third kappa shape index (κ3) is 3.17. The maximum atomic E-state index is 12.3. The maximum absolute atomic E-state index is 12.3. The summed E-state index contributed by atoms with van der Waals surface area (Å²) in [6.07, 6.45) is -7.72. The Morgan fingerprint density at radius 3 is 2.41 bits per heavy atom. The molecule has 0 unspecified atom stereocenters. The zero-order valence-corrected chi connectivity index (χ0v) is 8.48. The summed E-state index contributed by atoms with van der Waals surface area (Å²) >= 11 is 5.35. The number of aromatic nitrogens is 1. The number of alkyl halides is 5. The van der Waals surface area contributed by atoms with Crippen molar-refractivity contribution in [2.45, 2.75) is 12.8 Å². The van der Waals surface area contributed by atoms with Crippen molar-refractivity contribution in [2.24, 2.45) is 0 Å². The Bertz CT molecular complexity index is 468. The molecule has 0 spiro atoms. The van der Waals surface area contributed by atoms with E-state index in [2.05, 4.69) is 9.72 Å². The summed E-state index contributed by atoms with van der Waals surface area (Å²) in [5.74, 6) is -1.16. The van der Waals surface area contributed by atoms with E-state index >= 15 is 0 Å². The van der Waals surface area contributed by atoms with Crippen molar-refractivity contribution >= 4 is 11.6 Å². The van der Waals surface area contributed by atoms with Crippen molar-refractivity contribution in [1.29, 1.82) is 5.26 Å². The van der Waals surface area contributed by atoms with Crippen LogP contribution in [-0.4, -0.2) is 11.3 Å². The summed E-state index contributed by atoms with van der Waals surface area (Å²) < 4.78 is 63.7. The van der Waals surface area contributed by atoms with Crippen molar-refractivity contribution in [3.8, 4) is 11.9 Å². The summed E-state index contributed by atoms with van der Waals surface area (Å²) in [6.45, 7) is 0. The van der Waals surface area contributed by atoms with Crippen molar-refractivity contribution in [2.75, 3.05) is 0 Å². The summed E-state index contributed by atoms with van der Waals surface area (Å²) in [5.41, 5.74) is -1.72. The van der Waals surface area contributed by atoms with E-state index in [9.17, 15) is 22.0 Å². The van der Waals surface area contributed by atoms with Crippen LogP contribution in [0.1, 0.15) is 17.6 Å². The highest BCUT2D eigenvalue weighted by atomic mass is 35.5. The quantitative estimate of drug-likeness (QED) is 0.775. The van der Waals surface area contributed by atoms with Crippen LogP contribution in [0.4, 0.5) is 22.0 Å². The van der Waals surface area contributed by atoms with Gasteiger partial charge >= 0.3 is 6.36 Å². The monoisotopic (exact) mass is 272 g/mol. The van der Waals surface area contributed by atoms with E-state index < -0.39 is 34.8 Å². The summed E-state index contributed by atoms with van der Waals surface area (Å²) in [4.78, 5) is 2.99. The standard InChI is InChI=1S/C8H2ClF5N2O/c9-5-3(1-15)7(17-8(12,13)14)16-2-4(5)6(10)11/h2,6H. The molecule has 0 N–H and O–H groups in total. The lowest BCUT2D eigenvalue weighted by Crippen LogP contribution is -2.19. The number of nitriles is 1. The van der Waals surface area contributed by atoms with Gasteiger partial charge in [0.05, 0.1) is 10.6 Å². The van der Waals surface area contributed by atoms with E-state index in [0.717, 1.165) is 0 Å². The van der Waals surface area contributed by atoms with Gasteiger partial charge in [0.2, 0.25) is 5.88 Å². The number of hydrogen-bond donors (Lipinski definition) is 0. The molecule has 1 aromatic rings. The van der Waals surface area contributed by atoms with Crippen LogP contribution in [0.25, 0.3) is 0 Å². The molecule has 17 heavy (non-hydrogen) atoms. The minimum atomic E-state index is -5.09. The molecule has 0 saturated heterocycles. The molecular formula is C8H2ClF5N2O. The third-order valence-electron chi connectivity index (χ3n) is 1.57. The van der Waals surface area contributed by atoms with E-state index in [4.69, 9.17) is 16.9 Å². The molecule has 9 heteroatoms. The average Bonchev–Trinajstić information content (AvgIpc) is 2.15. The van der Waals surface area contributed by atoms with Gasteiger partial charge in [0.1, 0.15) is 11.6 Å². The highest BCUT2D eigenvalue weighted by Crippen LogP contribution is 2.34. The smallest absolute Gasteiger partial charge is 0.386 e. The fraction of sp³-hybridized carbons (Fsp3) is 0.250. The normalized spacial score (nSPS) is 11.4. The Labute approximate surface area is 96.4 Å². The highest BCUT2D eigenvalue weighted by molar-refractivity contribution is 6.32. The summed E-state index contributed by atoms with van der Waals surface area (Å²) in [6, 6.07) is 1.23. The lowest BCUT2D eigenvalue weighted by atomic mass is 10.2. The zero-order valence-electron chi connectivity index (χ0n) is 7.73.